The Morgan fingerprint density at radius 3 is 3.00 bits per heavy atom. The minimum absolute atomic E-state index is 0.0270. The number of anilines is 1. The average molecular weight is 523 g/mol. The predicted molar refractivity (Wildman–Crippen MR) is 113 cm³/mol. The molecule has 0 saturated carbocycles. The van der Waals surface area contributed by atoms with E-state index in [1.54, 1.807) is 24.0 Å². The number of aryl methyl sites for hydroxylation is 1. The second-order valence-electron chi connectivity index (χ2n) is 6.95. The number of nitrogens with one attached hydrogen (secondary N) is 1. The van der Waals surface area contributed by atoms with Crippen LogP contribution in [0.25, 0.3) is 0 Å². The number of rotatable bonds is 4. The van der Waals surface area contributed by atoms with Crippen LogP contribution in [0.5, 0.6) is 0 Å². The first-order valence-corrected chi connectivity index (χ1v) is 11.0. The molecule has 3 aromatic rings. The topological polar surface area (TPSA) is 80.1 Å². The van der Waals surface area contributed by atoms with Gasteiger partial charge in [-0.25, -0.2) is 14.4 Å². The summed E-state index contributed by atoms with van der Waals surface area (Å²) in [5.74, 6) is -1.20. The minimum atomic E-state index is -0.954. The number of carbonyl (C=O) groups is 2. The second-order valence-corrected chi connectivity index (χ2v) is 9.09. The Morgan fingerprint density at radius 2 is 2.21 bits per heavy atom. The van der Waals surface area contributed by atoms with Gasteiger partial charge in [0.1, 0.15) is 5.82 Å². The van der Waals surface area contributed by atoms with E-state index in [4.69, 9.17) is 0 Å². The first kappa shape index (κ1) is 18.7. The molecule has 1 N–H and O–H groups in total. The summed E-state index contributed by atoms with van der Waals surface area (Å²) in [6.07, 6.45) is 5.06. The van der Waals surface area contributed by atoms with E-state index >= 15 is 0 Å². The van der Waals surface area contributed by atoms with Crippen molar-refractivity contribution >= 4 is 50.9 Å². The minimum Gasteiger partial charge on any atom is -0.334 e. The van der Waals surface area contributed by atoms with Crippen molar-refractivity contribution in [2.75, 3.05) is 5.32 Å². The van der Waals surface area contributed by atoms with E-state index in [1.165, 1.54) is 22.3 Å². The zero-order valence-electron chi connectivity index (χ0n) is 15.1. The number of fused-ring (bicyclic) bond motifs is 2. The first-order chi connectivity index (χ1) is 14.0. The number of amides is 2. The molecule has 2 aliphatic rings. The molecule has 5 rings (SSSR count). The smallest absolute Gasteiger partial charge is 0.255 e. The third-order valence-electron chi connectivity index (χ3n) is 5.25. The average Bonchev–Trinajstić information content (AvgIpc) is 3.44. The normalized spacial score (nSPS) is 16.1. The highest BCUT2D eigenvalue weighted by Gasteiger charge is 2.41. The number of benzene rings is 1. The van der Waals surface area contributed by atoms with Crippen molar-refractivity contribution in [3.8, 4) is 0 Å². The molecule has 2 aliphatic heterocycles. The zero-order chi connectivity index (χ0) is 20.1. The highest BCUT2D eigenvalue weighted by Crippen LogP contribution is 2.36. The number of aromatic nitrogens is 3. The number of hydrogen-bond acceptors (Lipinski definition) is 5. The van der Waals surface area contributed by atoms with E-state index in [1.807, 2.05) is 27.2 Å². The van der Waals surface area contributed by atoms with Crippen LogP contribution < -0.4 is 5.32 Å². The molecule has 0 fully saturated rings. The van der Waals surface area contributed by atoms with Crippen LogP contribution in [0, 0.1) is 9.39 Å². The van der Waals surface area contributed by atoms with Crippen molar-refractivity contribution in [3.05, 3.63) is 61.9 Å². The molecule has 1 unspecified atom stereocenters. The molecular weight excluding hydrogens is 508 g/mol. The van der Waals surface area contributed by atoms with E-state index in [0.717, 1.165) is 25.1 Å². The monoisotopic (exact) mass is 523 g/mol. The van der Waals surface area contributed by atoms with Crippen LogP contribution in [-0.2, 0) is 24.3 Å². The summed E-state index contributed by atoms with van der Waals surface area (Å²) in [7, 11) is 0. The largest absolute Gasteiger partial charge is 0.334 e. The third-order valence-corrected chi connectivity index (χ3v) is 6.56. The second kappa shape index (κ2) is 7.17. The van der Waals surface area contributed by atoms with Crippen molar-refractivity contribution in [2.24, 2.45) is 0 Å². The van der Waals surface area contributed by atoms with Crippen LogP contribution >= 0.6 is 33.9 Å². The van der Waals surface area contributed by atoms with Gasteiger partial charge in [0.15, 0.2) is 11.2 Å². The summed E-state index contributed by atoms with van der Waals surface area (Å²) < 4.78 is 17.2. The van der Waals surface area contributed by atoms with Gasteiger partial charge in [-0.15, -0.1) is 11.3 Å². The van der Waals surface area contributed by atoms with E-state index < -0.39 is 17.8 Å². The maximum atomic E-state index is 14.5. The lowest BCUT2D eigenvalue weighted by Crippen LogP contribution is -2.38. The summed E-state index contributed by atoms with van der Waals surface area (Å²) in [5.41, 5.74) is 2.12. The van der Waals surface area contributed by atoms with E-state index in [-0.39, 0.29) is 12.5 Å². The highest BCUT2D eigenvalue weighted by molar-refractivity contribution is 14.1. The predicted octanol–water partition coefficient (Wildman–Crippen LogP) is 3.37. The van der Waals surface area contributed by atoms with Crippen LogP contribution in [0.1, 0.15) is 39.8 Å². The van der Waals surface area contributed by atoms with Crippen molar-refractivity contribution in [2.45, 2.75) is 32.0 Å². The van der Waals surface area contributed by atoms with Crippen molar-refractivity contribution in [1.29, 1.82) is 0 Å². The Labute approximate surface area is 183 Å². The molecule has 0 bridgehead atoms. The summed E-state index contributed by atoms with van der Waals surface area (Å²) in [6, 6.07) is 2.11. The van der Waals surface area contributed by atoms with E-state index in [9.17, 15) is 14.0 Å². The SMILES string of the molecule is O=C(Nc1nccs1)C(c1ncn2c1CCC2)N1Cc2c(F)cc(I)cc2C1=O. The molecule has 148 valence electrons. The lowest BCUT2D eigenvalue weighted by molar-refractivity contribution is -0.121. The van der Waals surface area contributed by atoms with Gasteiger partial charge in [-0.1, -0.05) is 0 Å². The molecule has 10 heteroatoms. The van der Waals surface area contributed by atoms with Gasteiger partial charge in [0.25, 0.3) is 11.8 Å². The fraction of sp³-hybridized carbons (Fsp3) is 0.263. The van der Waals surface area contributed by atoms with Gasteiger partial charge in [0.2, 0.25) is 0 Å². The molecule has 2 aromatic heterocycles. The molecule has 29 heavy (non-hydrogen) atoms. The summed E-state index contributed by atoms with van der Waals surface area (Å²) in [5, 5.41) is 4.98. The van der Waals surface area contributed by atoms with Gasteiger partial charge < -0.3 is 9.47 Å². The van der Waals surface area contributed by atoms with Gasteiger partial charge in [-0.3, -0.25) is 14.9 Å². The Bertz CT molecular complexity index is 1130. The zero-order valence-corrected chi connectivity index (χ0v) is 18.0. The molecule has 1 atom stereocenters. The number of imidazole rings is 1. The molecule has 4 heterocycles. The van der Waals surface area contributed by atoms with Gasteiger partial charge in [-0.05, 0) is 47.6 Å². The van der Waals surface area contributed by atoms with Crippen molar-refractivity contribution < 1.29 is 14.0 Å². The Kier molecular flexibility index (Phi) is 4.62. The van der Waals surface area contributed by atoms with Crippen molar-refractivity contribution in [3.63, 3.8) is 0 Å². The van der Waals surface area contributed by atoms with Crippen LogP contribution in [-0.4, -0.2) is 31.2 Å². The Balaban J connectivity index is 1.56. The molecule has 0 radical (unpaired) electrons. The third kappa shape index (κ3) is 3.14. The van der Waals surface area contributed by atoms with Crippen LogP contribution in [0.2, 0.25) is 0 Å². The number of nitrogens with zero attached hydrogens (tertiary/aromatic N) is 4. The number of hydrogen-bond donors (Lipinski definition) is 1. The van der Waals surface area contributed by atoms with E-state index in [0.29, 0.717) is 25.5 Å². The van der Waals surface area contributed by atoms with Gasteiger partial charge in [0.05, 0.1) is 18.6 Å². The van der Waals surface area contributed by atoms with Crippen molar-refractivity contribution in [1.82, 2.24) is 19.4 Å². The summed E-state index contributed by atoms with van der Waals surface area (Å²) in [6.45, 7) is 0.864. The number of halogens is 2. The number of carbonyl (C=O) groups excluding carboxylic acids is 2. The fourth-order valence-corrected chi connectivity index (χ4v) is 5.08. The van der Waals surface area contributed by atoms with Gasteiger partial charge in [-0.2, -0.15) is 0 Å². The molecular formula is C19H15FIN5O2S. The quantitative estimate of drug-likeness (QED) is 0.533. The fourth-order valence-electron chi connectivity index (χ4n) is 3.97. The Morgan fingerprint density at radius 1 is 1.34 bits per heavy atom. The maximum absolute atomic E-state index is 14.5. The lowest BCUT2D eigenvalue weighted by atomic mass is 10.1. The highest BCUT2D eigenvalue weighted by atomic mass is 127. The molecule has 1 aromatic carbocycles. The van der Waals surface area contributed by atoms with E-state index in [2.05, 4.69) is 15.3 Å². The molecule has 0 spiro atoms. The lowest BCUT2D eigenvalue weighted by Gasteiger charge is -2.26. The standard InChI is InChI=1S/C19H15FIN5O2S/c20-13-7-10(21)6-11-12(13)8-26(18(11)28)16(17(27)24-19-22-3-5-29-19)15-14-2-1-4-25(14)9-23-15/h3,5-7,9,16H,1-2,4,8H2,(H,22,24,27). The summed E-state index contributed by atoms with van der Waals surface area (Å²) >= 11 is 3.28. The first-order valence-electron chi connectivity index (χ1n) is 9.06. The van der Waals surface area contributed by atoms with Crippen LogP contribution in [0.4, 0.5) is 9.52 Å². The van der Waals surface area contributed by atoms with Crippen LogP contribution in [0.15, 0.2) is 30.0 Å². The molecule has 7 nitrogen and oxygen atoms in total. The van der Waals surface area contributed by atoms with Crippen LogP contribution in [0.3, 0.4) is 0 Å². The molecule has 2 amide bonds. The molecule has 0 saturated heterocycles. The van der Waals surface area contributed by atoms with Gasteiger partial charge in [0, 0.05) is 38.5 Å². The number of thiazole rings is 1. The maximum Gasteiger partial charge on any atom is 0.255 e. The Hall–Kier alpha value is -2.34. The molecule has 0 aliphatic carbocycles. The van der Waals surface area contributed by atoms with Gasteiger partial charge >= 0.3 is 0 Å². The summed E-state index contributed by atoms with van der Waals surface area (Å²) in [4.78, 5) is 36.4.